The molecule has 2 N–H and O–H groups in total. The number of carbonyl (C=O) groups is 3. The molecule has 0 bridgehead atoms. The zero-order valence-electron chi connectivity index (χ0n) is 21.2. The highest BCUT2D eigenvalue weighted by Crippen LogP contribution is 2.38. The highest BCUT2D eigenvalue weighted by Gasteiger charge is 2.34. The Bertz CT molecular complexity index is 1470. The highest BCUT2D eigenvalue weighted by molar-refractivity contribution is 7.80. The van der Waals surface area contributed by atoms with E-state index in [9.17, 15) is 14.4 Å². The first-order valence-electron chi connectivity index (χ1n) is 12.1. The van der Waals surface area contributed by atoms with Crippen molar-refractivity contribution in [2.75, 3.05) is 11.5 Å². The maximum atomic E-state index is 13.4. The van der Waals surface area contributed by atoms with Crippen LogP contribution in [0.5, 0.6) is 11.5 Å². The summed E-state index contributed by atoms with van der Waals surface area (Å²) in [5, 5.41) is 11.9. The number of halogens is 1. The Morgan fingerprint density at radius 2 is 1.69 bits per heavy atom. The van der Waals surface area contributed by atoms with Crippen LogP contribution < -0.4 is 19.7 Å². The topological polar surface area (TPSA) is 105 Å². The van der Waals surface area contributed by atoms with Gasteiger partial charge in [-0.2, -0.15) is 0 Å². The fourth-order valence-electron chi connectivity index (χ4n) is 3.91. The van der Waals surface area contributed by atoms with Gasteiger partial charge in [-0.05, 0) is 84.7 Å². The molecule has 0 aliphatic carbocycles. The Morgan fingerprint density at radius 3 is 2.31 bits per heavy atom. The van der Waals surface area contributed by atoms with Crippen LogP contribution in [0.2, 0.25) is 5.02 Å². The first-order chi connectivity index (χ1) is 18.7. The van der Waals surface area contributed by atoms with Gasteiger partial charge in [-0.15, -0.1) is 0 Å². The van der Waals surface area contributed by atoms with Crippen LogP contribution in [0.3, 0.4) is 0 Å². The molecule has 1 aliphatic heterocycles. The van der Waals surface area contributed by atoms with Crippen molar-refractivity contribution in [3.8, 4) is 11.5 Å². The number of nitrogens with one attached hydrogen (secondary N) is 1. The van der Waals surface area contributed by atoms with Gasteiger partial charge in [-0.3, -0.25) is 19.8 Å². The zero-order valence-corrected chi connectivity index (χ0v) is 22.8. The number of anilines is 1. The summed E-state index contributed by atoms with van der Waals surface area (Å²) in [6, 6.07) is 16.8. The van der Waals surface area contributed by atoms with E-state index in [0.717, 1.165) is 17.5 Å². The molecule has 1 fully saturated rings. The minimum absolute atomic E-state index is 0.000397. The van der Waals surface area contributed by atoms with Crippen LogP contribution >= 0.6 is 23.8 Å². The molecule has 200 valence electrons. The molecule has 0 unspecified atom stereocenters. The number of aryl methyl sites for hydroxylation is 1. The summed E-state index contributed by atoms with van der Waals surface area (Å²) in [5.41, 5.74) is 2.89. The van der Waals surface area contributed by atoms with Gasteiger partial charge in [-0.1, -0.05) is 42.8 Å². The molecule has 2 amide bonds. The lowest BCUT2D eigenvalue weighted by molar-refractivity contribution is -0.122. The van der Waals surface area contributed by atoms with E-state index in [1.807, 2.05) is 19.1 Å². The molecule has 8 nitrogen and oxygen atoms in total. The quantitative estimate of drug-likeness (QED) is 0.203. The fourth-order valence-corrected chi connectivity index (χ4v) is 4.47. The number of carboxylic acids is 1. The summed E-state index contributed by atoms with van der Waals surface area (Å²) in [6.07, 6.45) is 2.27. The molecule has 0 atom stereocenters. The Morgan fingerprint density at radius 1 is 1.03 bits per heavy atom. The van der Waals surface area contributed by atoms with E-state index in [0.29, 0.717) is 23.6 Å². The van der Waals surface area contributed by atoms with Crippen LogP contribution in [0.4, 0.5) is 5.69 Å². The minimum atomic E-state index is -1.02. The molecule has 3 aromatic rings. The van der Waals surface area contributed by atoms with Gasteiger partial charge in [0.15, 0.2) is 16.6 Å². The number of ether oxygens (including phenoxy) is 2. The molecular formula is C29H25ClN2O6S. The molecule has 1 saturated heterocycles. The van der Waals surface area contributed by atoms with Crippen molar-refractivity contribution in [2.45, 2.75) is 26.9 Å². The SMILES string of the molecule is CCOc1cc(/C=C2\C(=O)NC(=S)N(c3ccc(CC)cc3)C2=O)cc(Cl)c1OCc1ccc(C(=O)O)cc1. The van der Waals surface area contributed by atoms with Gasteiger partial charge in [0.05, 0.1) is 22.9 Å². The number of benzene rings is 3. The maximum Gasteiger partial charge on any atom is 0.335 e. The molecule has 1 aliphatic rings. The van der Waals surface area contributed by atoms with E-state index in [2.05, 4.69) is 5.32 Å². The summed E-state index contributed by atoms with van der Waals surface area (Å²) in [7, 11) is 0. The van der Waals surface area contributed by atoms with Crippen molar-refractivity contribution in [1.29, 1.82) is 0 Å². The minimum Gasteiger partial charge on any atom is -0.490 e. The number of carbonyl (C=O) groups excluding carboxylic acids is 2. The van der Waals surface area contributed by atoms with Crippen molar-refractivity contribution in [3.05, 3.63) is 93.5 Å². The number of hydrogen-bond acceptors (Lipinski definition) is 6. The highest BCUT2D eigenvalue weighted by atomic mass is 35.5. The first-order valence-corrected chi connectivity index (χ1v) is 12.9. The van der Waals surface area contributed by atoms with Gasteiger partial charge in [0.2, 0.25) is 0 Å². The smallest absolute Gasteiger partial charge is 0.335 e. The molecule has 0 saturated carbocycles. The van der Waals surface area contributed by atoms with E-state index in [1.54, 1.807) is 43.3 Å². The largest absolute Gasteiger partial charge is 0.490 e. The van der Waals surface area contributed by atoms with Crippen LogP contribution in [-0.2, 0) is 22.6 Å². The van der Waals surface area contributed by atoms with Gasteiger partial charge >= 0.3 is 5.97 Å². The van der Waals surface area contributed by atoms with E-state index in [1.165, 1.54) is 23.1 Å². The standard InChI is InChI=1S/C29H25ClN2O6S/c1-3-17-7-11-21(12-8-17)32-27(34)22(26(33)31-29(32)39)13-19-14-23(30)25(24(15-19)37-4-2)38-16-18-5-9-20(10-6-18)28(35)36/h5-15H,3-4,16H2,1-2H3,(H,35,36)(H,31,33,39)/b22-13+. The first kappa shape index (κ1) is 27.8. The molecular weight excluding hydrogens is 540 g/mol. The molecule has 4 rings (SSSR count). The number of rotatable bonds is 9. The maximum absolute atomic E-state index is 13.4. The number of amides is 2. The van der Waals surface area contributed by atoms with Gasteiger partial charge < -0.3 is 14.6 Å². The Kier molecular flexibility index (Phi) is 8.63. The molecule has 0 spiro atoms. The van der Waals surface area contributed by atoms with E-state index < -0.39 is 17.8 Å². The van der Waals surface area contributed by atoms with Crippen LogP contribution in [-0.4, -0.2) is 34.6 Å². The van der Waals surface area contributed by atoms with Gasteiger partial charge in [0.1, 0.15) is 12.2 Å². The van der Waals surface area contributed by atoms with Crippen LogP contribution in [0.25, 0.3) is 6.08 Å². The Labute approximate surface area is 235 Å². The van der Waals surface area contributed by atoms with Crippen LogP contribution in [0, 0.1) is 0 Å². The summed E-state index contributed by atoms with van der Waals surface area (Å²) in [4.78, 5) is 38.5. The molecule has 1 heterocycles. The number of thiocarbonyl (C=S) groups is 1. The van der Waals surface area contributed by atoms with Crippen molar-refractivity contribution in [1.82, 2.24) is 5.32 Å². The summed E-state index contributed by atoms with van der Waals surface area (Å²) >= 11 is 11.8. The third-order valence-corrected chi connectivity index (χ3v) is 6.50. The lowest BCUT2D eigenvalue weighted by atomic mass is 10.1. The number of hydrogen-bond donors (Lipinski definition) is 2. The number of carboxylic acid groups (broad SMARTS) is 1. The molecule has 0 radical (unpaired) electrons. The average Bonchev–Trinajstić information content (AvgIpc) is 2.91. The average molecular weight is 565 g/mol. The van der Waals surface area contributed by atoms with Gasteiger partial charge in [-0.25, -0.2) is 4.79 Å². The van der Waals surface area contributed by atoms with E-state index in [4.69, 9.17) is 38.4 Å². The summed E-state index contributed by atoms with van der Waals surface area (Å²) in [5.74, 6) is -1.59. The van der Waals surface area contributed by atoms with Gasteiger partial charge in [0, 0.05) is 0 Å². The zero-order chi connectivity index (χ0) is 28.1. The van der Waals surface area contributed by atoms with Crippen LogP contribution in [0.15, 0.2) is 66.2 Å². The second-order valence-corrected chi connectivity index (χ2v) is 9.33. The monoisotopic (exact) mass is 564 g/mol. The van der Waals surface area contributed by atoms with Crippen molar-refractivity contribution < 1.29 is 29.0 Å². The molecule has 3 aromatic carbocycles. The normalized spacial score (nSPS) is 14.4. The molecule has 39 heavy (non-hydrogen) atoms. The second kappa shape index (κ2) is 12.1. The molecule has 0 aromatic heterocycles. The van der Waals surface area contributed by atoms with E-state index >= 15 is 0 Å². The Balaban J connectivity index is 1.62. The third-order valence-electron chi connectivity index (χ3n) is 5.93. The summed E-state index contributed by atoms with van der Waals surface area (Å²) < 4.78 is 11.6. The second-order valence-electron chi connectivity index (χ2n) is 8.53. The van der Waals surface area contributed by atoms with Gasteiger partial charge in [0.25, 0.3) is 11.8 Å². The van der Waals surface area contributed by atoms with Crippen molar-refractivity contribution in [2.24, 2.45) is 0 Å². The van der Waals surface area contributed by atoms with Crippen molar-refractivity contribution >= 4 is 58.5 Å². The predicted molar refractivity (Wildman–Crippen MR) is 152 cm³/mol. The Hall–Kier alpha value is -4.21. The molecule has 10 heteroatoms. The van der Waals surface area contributed by atoms with Crippen molar-refractivity contribution in [3.63, 3.8) is 0 Å². The number of nitrogens with zero attached hydrogens (tertiary/aromatic N) is 1. The lowest BCUT2D eigenvalue weighted by Gasteiger charge is -2.29. The predicted octanol–water partition coefficient (Wildman–Crippen LogP) is 5.41. The lowest BCUT2D eigenvalue weighted by Crippen LogP contribution is -2.54. The fraction of sp³-hybridized carbons (Fsp3) is 0.172. The van der Waals surface area contributed by atoms with E-state index in [-0.39, 0.29) is 33.6 Å². The summed E-state index contributed by atoms with van der Waals surface area (Å²) in [6.45, 7) is 4.26. The third kappa shape index (κ3) is 6.27. The van der Waals surface area contributed by atoms with Crippen LogP contribution in [0.1, 0.15) is 40.9 Å². The number of aromatic carboxylic acids is 1.